The number of hydrogen-bond donors (Lipinski definition) is 1. The number of hydrogen-bond acceptors (Lipinski definition) is 4. The van der Waals surface area contributed by atoms with E-state index in [0.717, 1.165) is 5.56 Å². The molecule has 0 fully saturated rings. The van der Waals surface area contributed by atoms with Crippen LogP contribution in [0.4, 0.5) is 0 Å². The van der Waals surface area contributed by atoms with E-state index in [0.29, 0.717) is 18.6 Å². The van der Waals surface area contributed by atoms with Crippen LogP contribution in [0.3, 0.4) is 0 Å². The first-order valence-corrected chi connectivity index (χ1v) is 5.93. The van der Waals surface area contributed by atoms with Gasteiger partial charge in [0.2, 0.25) is 0 Å². The van der Waals surface area contributed by atoms with Gasteiger partial charge < -0.3 is 14.4 Å². The number of rotatable bonds is 5. The molecule has 1 N–H and O–H groups in total. The predicted molar refractivity (Wildman–Crippen MR) is 70.6 cm³/mol. The smallest absolute Gasteiger partial charge is 0.435 e. The number of esters is 1. The number of benzene rings is 1. The number of ether oxygens (including phenoxy) is 1. The summed E-state index contributed by atoms with van der Waals surface area (Å²) in [6, 6.07) is 7.20. The molecule has 0 heterocycles. The van der Waals surface area contributed by atoms with E-state index in [9.17, 15) is 4.79 Å². The average molecular weight is 250 g/mol. The van der Waals surface area contributed by atoms with E-state index in [4.69, 9.17) is 14.4 Å². The van der Waals surface area contributed by atoms with Crippen molar-refractivity contribution in [3.8, 4) is 0 Å². The van der Waals surface area contributed by atoms with Gasteiger partial charge in [0.15, 0.2) is 0 Å². The van der Waals surface area contributed by atoms with Crippen LogP contribution in [-0.4, -0.2) is 30.9 Å². The summed E-state index contributed by atoms with van der Waals surface area (Å²) >= 11 is 0. The van der Waals surface area contributed by atoms with Gasteiger partial charge in [-0.3, -0.25) is 0 Å². The van der Waals surface area contributed by atoms with E-state index < -0.39 is 5.60 Å². The van der Waals surface area contributed by atoms with E-state index in [1.165, 1.54) is 0 Å². The second kappa shape index (κ2) is 6.57. The number of carbonyl (C=O) groups excluding carboxylic acids is 1. The van der Waals surface area contributed by atoms with Crippen molar-refractivity contribution < 1.29 is 19.2 Å². The van der Waals surface area contributed by atoms with Crippen LogP contribution in [0.1, 0.15) is 36.7 Å². The maximum atomic E-state index is 11.8. The molecular formula is C13H19BO4. The SMILES string of the molecule is CC(C)(C)OC(=O)c1ccc(CCOBO)cc1. The molecule has 0 unspecified atom stereocenters. The lowest BCUT2D eigenvalue weighted by Gasteiger charge is -2.19. The van der Waals surface area contributed by atoms with Gasteiger partial charge in [-0.25, -0.2) is 4.79 Å². The fourth-order valence-electron chi connectivity index (χ4n) is 1.40. The first kappa shape index (κ1) is 14.7. The fraction of sp³-hybridized carbons (Fsp3) is 0.462. The summed E-state index contributed by atoms with van der Waals surface area (Å²) in [5, 5.41) is 8.49. The minimum absolute atomic E-state index is 0.268. The molecule has 1 aromatic rings. The molecule has 0 aliphatic heterocycles. The number of carbonyl (C=O) groups is 1. The van der Waals surface area contributed by atoms with Crippen LogP contribution >= 0.6 is 0 Å². The van der Waals surface area contributed by atoms with E-state index >= 15 is 0 Å². The van der Waals surface area contributed by atoms with Gasteiger partial charge in [-0.15, -0.1) is 0 Å². The standard InChI is InChI=1S/C13H19BO4/c1-13(2,3)18-12(15)11-6-4-10(5-7-11)8-9-17-14-16/h4-7,14,16H,8-9H2,1-3H3. The topological polar surface area (TPSA) is 55.8 Å². The maximum Gasteiger partial charge on any atom is 0.435 e. The average Bonchev–Trinajstić information content (AvgIpc) is 2.28. The highest BCUT2D eigenvalue weighted by Crippen LogP contribution is 2.13. The molecule has 0 bridgehead atoms. The summed E-state index contributed by atoms with van der Waals surface area (Å²) < 4.78 is 10.1. The molecule has 4 nitrogen and oxygen atoms in total. The summed E-state index contributed by atoms with van der Waals surface area (Å²) in [6.45, 7) is 5.98. The summed E-state index contributed by atoms with van der Waals surface area (Å²) in [7, 11) is -0.268. The molecule has 98 valence electrons. The van der Waals surface area contributed by atoms with Gasteiger partial charge in [-0.2, -0.15) is 0 Å². The Hall–Kier alpha value is -1.33. The van der Waals surface area contributed by atoms with Crippen molar-refractivity contribution in [2.75, 3.05) is 6.61 Å². The van der Waals surface area contributed by atoms with Crippen molar-refractivity contribution in [3.05, 3.63) is 35.4 Å². The highest BCUT2D eigenvalue weighted by molar-refractivity contribution is 6.15. The second-order valence-corrected chi connectivity index (χ2v) is 4.99. The molecule has 0 radical (unpaired) electrons. The lowest BCUT2D eigenvalue weighted by atomic mass is 10.1. The molecule has 0 aromatic heterocycles. The zero-order valence-corrected chi connectivity index (χ0v) is 11.1. The maximum absolute atomic E-state index is 11.8. The minimum atomic E-state index is -0.481. The second-order valence-electron chi connectivity index (χ2n) is 4.99. The molecule has 0 saturated carbocycles. The molecule has 18 heavy (non-hydrogen) atoms. The van der Waals surface area contributed by atoms with Crippen LogP contribution < -0.4 is 0 Å². The normalized spacial score (nSPS) is 11.1. The highest BCUT2D eigenvalue weighted by Gasteiger charge is 2.17. The monoisotopic (exact) mass is 250 g/mol. The predicted octanol–water partition coefficient (Wildman–Crippen LogP) is 1.46. The van der Waals surface area contributed by atoms with Gasteiger partial charge in [0.1, 0.15) is 5.60 Å². The van der Waals surface area contributed by atoms with E-state index in [1.54, 1.807) is 12.1 Å². The summed E-state index contributed by atoms with van der Waals surface area (Å²) in [4.78, 5) is 11.8. The lowest BCUT2D eigenvalue weighted by Crippen LogP contribution is -2.23. The Morgan fingerprint density at radius 1 is 1.28 bits per heavy atom. The Labute approximate surface area is 108 Å². The zero-order valence-electron chi connectivity index (χ0n) is 11.1. The van der Waals surface area contributed by atoms with Gasteiger partial charge in [0, 0.05) is 6.61 Å². The molecule has 0 spiro atoms. The molecule has 0 saturated heterocycles. The molecule has 0 atom stereocenters. The Kier molecular flexibility index (Phi) is 5.37. The molecular weight excluding hydrogens is 231 g/mol. The largest absolute Gasteiger partial charge is 0.456 e. The molecule has 1 aromatic carbocycles. The van der Waals surface area contributed by atoms with Gasteiger partial charge in [0.05, 0.1) is 5.56 Å². The van der Waals surface area contributed by atoms with E-state index in [1.807, 2.05) is 32.9 Å². The molecule has 0 aliphatic rings. The van der Waals surface area contributed by atoms with Crippen molar-refractivity contribution in [2.45, 2.75) is 32.8 Å². The Morgan fingerprint density at radius 2 is 1.89 bits per heavy atom. The summed E-state index contributed by atoms with van der Waals surface area (Å²) in [6.07, 6.45) is 0.704. The Morgan fingerprint density at radius 3 is 2.39 bits per heavy atom. The molecule has 1 rings (SSSR count). The van der Waals surface area contributed by atoms with Crippen LogP contribution in [0, 0.1) is 0 Å². The Bertz CT molecular complexity index is 381. The summed E-state index contributed by atoms with van der Waals surface area (Å²) in [5.74, 6) is -0.319. The summed E-state index contributed by atoms with van der Waals surface area (Å²) in [5.41, 5.74) is 1.11. The van der Waals surface area contributed by atoms with E-state index in [-0.39, 0.29) is 13.7 Å². The van der Waals surface area contributed by atoms with E-state index in [2.05, 4.69) is 0 Å². The van der Waals surface area contributed by atoms with Gasteiger partial charge in [-0.1, -0.05) is 12.1 Å². The minimum Gasteiger partial charge on any atom is -0.456 e. The van der Waals surface area contributed by atoms with Gasteiger partial charge in [0.25, 0.3) is 0 Å². The third kappa shape index (κ3) is 5.34. The third-order valence-corrected chi connectivity index (χ3v) is 2.21. The molecule has 5 heteroatoms. The van der Waals surface area contributed by atoms with Crippen LogP contribution in [0.15, 0.2) is 24.3 Å². The lowest BCUT2D eigenvalue weighted by molar-refractivity contribution is 0.00695. The van der Waals surface area contributed by atoms with Crippen molar-refractivity contribution in [3.63, 3.8) is 0 Å². The fourth-order valence-corrected chi connectivity index (χ4v) is 1.40. The van der Waals surface area contributed by atoms with Gasteiger partial charge >= 0.3 is 13.7 Å². The van der Waals surface area contributed by atoms with Crippen LogP contribution in [0.2, 0.25) is 0 Å². The van der Waals surface area contributed by atoms with Crippen molar-refractivity contribution in [2.24, 2.45) is 0 Å². The van der Waals surface area contributed by atoms with Crippen LogP contribution in [0.5, 0.6) is 0 Å². The van der Waals surface area contributed by atoms with Crippen LogP contribution in [-0.2, 0) is 15.8 Å². The van der Waals surface area contributed by atoms with Gasteiger partial charge in [-0.05, 0) is 44.9 Å². The third-order valence-electron chi connectivity index (χ3n) is 2.21. The first-order chi connectivity index (χ1) is 8.42. The Balaban J connectivity index is 2.57. The van der Waals surface area contributed by atoms with Crippen molar-refractivity contribution >= 4 is 13.7 Å². The van der Waals surface area contributed by atoms with Crippen LogP contribution in [0.25, 0.3) is 0 Å². The molecule has 0 aliphatic carbocycles. The zero-order chi connectivity index (χ0) is 13.6. The van der Waals surface area contributed by atoms with Crippen molar-refractivity contribution in [1.82, 2.24) is 0 Å². The molecule has 0 amide bonds. The quantitative estimate of drug-likeness (QED) is 0.488. The first-order valence-electron chi connectivity index (χ1n) is 5.93. The van der Waals surface area contributed by atoms with Crippen molar-refractivity contribution in [1.29, 1.82) is 0 Å². The highest BCUT2D eigenvalue weighted by atomic mass is 16.6.